The molecule has 6 heteroatoms. The summed E-state index contributed by atoms with van der Waals surface area (Å²) in [6.45, 7) is 7.45. The molecular formula is C28H49NO5. The Morgan fingerprint density at radius 3 is 1.88 bits per heavy atom. The Balaban J connectivity index is 1.44. The van der Waals surface area contributed by atoms with Crippen LogP contribution in [0.25, 0.3) is 0 Å². The van der Waals surface area contributed by atoms with Crippen LogP contribution in [0.3, 0.4) is 0 Å². The minimum atomic E-state index is 0.211. The fourth-order valence-electron chi connectivity index (χ4n) is 3.71. The number of rotatable bonds is 24. The molecule has 0 aromatic heterocycles. The highest BCUT2D eigenvalue weighted by Crippen LogP contribution is 2.11. The fourth-order valence-corrected chi connectivity index (χ4v) is 3.71. The van der Waals surface area contributed by atoms with E-state index < -0.39 is 0 Å². The Kier molecular flexibility index (Phi) is 17.1. The lowest BCUT2D eigenvalue weighted by atomic mass is 10.1. The lowest BCUT2D eigenvalue weighted by Gasteiger charge is -2.22. The normalized spacial score (nSPS) is 19.3. The van der Waals surface area contributed by atoms with Crippen molar-refractivity contribution < 1.29 is 23.7 Å². The van der Waals surface area contributed by atoms with Crippen molar-refractivity contribution in [1.29, 1.82) is 0 Å². The topological polar surface area (TPSA) is 63.8 Å². The van der Waals surface area contributed by atoms with Crippen molar-refractivity contribution >= 4 is 5.91 Å². The van der Waals surface area contributed by atoms with E-state index in [1.165, 1.54) is 44.9 Å². The van der Waals surface area contributed by atoms with E-state index >= 15 is 0 Å². The molecule has 0 spiro atoms. The Labute approximate surface area is 208 Å². The molecule has 0 saturated carbocycles. The van der Waals surface area contributed by atoms with Gasteiger partial charge in [0.25, 0.3) is 0 Å². The molecule has 2 unspecified atom stereocenters. The van der Waals surface area contributed by atoms with Gasteiger partial charge in [-0.1, -0.05) is 63.3 Å². The number of nitrogens with zero attached hydrogens (tertiary/aromatic N) is 1. The zero-order valence-electron chi connectivity index (χ0n) is 21.6. The van der Waals surface area contributed by atoms with Gasteiger partial charge in [0.15, 0.2) is 0 Å². The van der Waals surface area contributed by atoms with Crippen LogP contribution in [-0.2, 0) is 23.7 Å². The molecule has 2 atom stereocenters. The highest BCUT2D eigenvalue weighted by Gasteiger charge is 2.23. The predicted molar refractivity (Wildman–Crippen MR) is 137 cm³/mol. The first kappa shape index (κ1) is 29.0. The van der Waals surface area contributed by atoms with Crippen LogP contribution in [0.4, 0.5) is 0 Å². The molecule has 1 amide bonds. The third-order valence-electron chi connectivity index (χ3n) is 6.12. The maximum Gasteiger partial charge on any atom is 0.222 e. The molecule has 0 aromatic carbocycles. The van der Waals surface area contributed by atoms with Gasteiger partial charge in [-0.3, -0.25) is 4.79 Å². The summed E-state index contributed by atoms with van der Waals surface area (Å²) in [5.41, 5.74) is 0. The highest BCUT2D eigenvalue weighted by molar-refractivity contribution is 5.76. The molecular weight excluding hydrogens is 430 g/mol. The van der Waals surface area contributed by atoms with Crippen LogP contribution in [0.5, 0.6) is 0 Å². The molecule has 0 N–H and O–H groups in total. The fraction of sp³-hybridized carbons (Fsp3) is 0.821. The molecule has 0 aromatic rings. The minimum absolute atomic E-state index is 0.211. The van der Waals surface area contributed by atoms with Crippen LogP contribution in [0.15, 0.2) is 24.3 Å². The number of carbonyl (C=O) groups is 1. The van der Waals surface area contributed by atoms with Gasteiger partial charge in [0.05, 0.1) is 39.6 Å². The van der Waals surface area contributed by atoms with Crippen LogP contribution in [0.2, 0.25) is 0 Å². The zero-order valence-corrected chi connectivity index (χ0v) is 21.6. The quantitative estimate of drug-likeness (QED) is 0.104. The molecule has 6 nitrogen and oxygen atoms in total. The van der Waals surface area contributed by atoms with E-state index in [0.29, 0.717) is 45.9 Å². The number of unbranched alkanes of at least 4 members (excludes halogenated alkanes) is 8. The van der Waals surface area contributed by atoms with Gasteiger partial charge < -0.3 is 23.8 Å². The standard InChI is InChI=1S/C28H49NO5/c1-2-3-4-5-6-7-8-9-10-11-12-13-14-15-16-17-28(30)29(18-20-31-22-26-24-33-26)19-21-32-23-27-25-34-27/h6-7,9-10,26-27H,2-5,8,11-25H2,1H3/b7-6-,10-9-. The van der Waals surface area contributed by atoms with Crippen LogP contribution in [-0.4, -0.2) is 75.7 Å². The van der Waals surface area contributed by atoms with Gasteiger partial charge in [0.1, 0.15) is 12.2 Å². The second-order valence-corrected chi connectivity index (χ2v) is 9.42. The molecule has 2 saturated heterocycles. The van der Waals surface area contributed by atoms with Gasteiger partial charge in [-0.05, 0) is 38.5 Å². The Morgan fingerprint density at radius 2 is 1.32 bits per heavy atom. The molecule has 196 valence electrons. The third kappa shape index (κ3) is 17.3. The summed E-state index contributed by atoms with van der Waals surface area (Å²) >= 11 is 0. The van der Waals surface area contributed by atoms with E-state index in [0.717, 1.165) is 38.9 Å². The van der Waals surface area contributed by atoms with Crippen molar-refractivity contribution in [1.82, 2.24) is 4.90 Å². The number of hydrogen-bond donors (Lipinski definition) is 0. The van der Waals surface area contributed by atoms with Gasteiger partial charge in [0.2, 0.25) is 5.91 Å². The molecule has 0 aliphatic carbocycles. The second kappa shape index (κ2) is 20.0. The number of amides is 1. The first-order chi connectivity index (χ1) is 16.8. The summed E-state index contributed by atoms with van der Waals surface area (Å²) in [6.07, 6.45) is 23.5. The lowest BCUT2D eigenvalue weighted by molar-refractivity contribution is -0.133. The molecule has 0 bridgehead atoms. The van der Waals surface area contributed by atoms with E-state index in [2.05, 4.69) is 31.2 Å². The summed E-state index contributed by atoms with van der Waals surface area (Å²) in [4.78, 5) is 14.6. The Morgan fingerprint density at radius 1 is 0.794 bits per heavy atom. The predicted octanol–water partition coefficient (Wildman–Crippen LogP) is 5.46. The summed E-state index contributed by atoms with van der Waals surface area (Å²) in [7, 11) is 0. The van der Waals surface area contributed by atoms with E-state index in [-0.39, 0.29) is 18.1 Å². The third-order valence-corrected chi connectivity index (χ3v) is 6.12. The van der Waals surface area contributed by atoms with Crippen molar-refractivity contribution in [2.45, 2.75) is 96.2 Å². The van der Waals surface area contributed by atoms with Gasteiger partial charge in [-0.2, -0.15) is 0 Å². The van der Waals surface area contributed by atoms with E-state index in [1.807, 2.05) is 4.90 Å². The average Bonchev–Trinajstić information content (AvgIpc) is 3.76. The molecule has 2 heterocycles. The monoisotopic (exact) mass is 479 g/mol. The number of allylic oxidation sites excluding steroid dienone is 4. The molecule has 2 fully saturated rings. The van der Waals surface area contributed by atoms with Crippen LogP contribution in [0, 0.1) is 0 Å². The molecule has 2 rings (SSSR count). The summed E-state index contributed by atoms with van der Waals surface area (Å²) in [5, 5.41) is 0. The first-order valence-corrected chi connectivity index (χ1v) is 13.8. The molecule has 2 aliphatic heterocycles. The van der Waals surface area contributed by atoms with E-state index in [4.69, 9.17) is 18.9 Å². The largest absolute Gasteiger partial charge is 0.377 e. The summed E-state index contributed by atoms with van der Waals surface area (Å²) in [6, 6.07) is 0. The smallest absolute Gasteiger partial charge is 0.222 e. The number of ether oxygens (including phenoxy) is 4. The maximum atomic E-state index is 12.7. The molecule has 0 radical (unpaired) electrons. The number of epoxide rings is 2. The molecule has 2 aliphatic rings. The Hall–Kier alpha value is -1.21. The van der Waals surface area contributed by atoms with Crippen LogP contribution in [0.1, 0.15) is 84.0 Å². The van der Waals surface area contributed by atoms with Crippen molar-refractivity contribution in [3.63, 3.8) is 0 Å². The summed E-state index contributed by atoms with van der Waals surface area (Å²) < 4.78 is 21.6. The van der Waals surface area contributed by atoms with Gasteiger partial charge in [-0.15, -0.1) is 0 Å². The van der Waals surface area contributed by atoms with Crippen molar-refractivity contribution in [2.75, 3.05) is 52.7 Å². The first-order valence-electron chi connectivity index (χ1n) is 13.8. The van der Waals surface area contributed by atoms with Crippen molar-refractivity contribution in [2.24, 2.45) is 0 Å². The number of carbonyl (C=O) groups excluding carboxylic acids is 1. The SMILES string of the molecule is CCCCC/C=C\C/C=C\CCCCCCCC(=O)N(CCOCC1CO1)CCOCC1CO1. The van der Waals surface area contributed by atoms with Gasteiger partial charge >= 0.3 is 0 Å². The van der Waals surface area contributed by atoms with Crippen LogP contribution < -0.4 is 0 Å². The van der Waals surface area contributed by atoms with E-state index in [1.54, 1.807) is 0 Å². The minimum Gasteiger partial charge on any atom is -0.377 e. The van der Waals surface area contributed by atoms with Crippen molar-refractivity contribution in [3.05, 3.63) is 24.3 Å². The van der Waals surface area contributed by atoms with Gasteiger partial charge in [0, 0.05) is 19.5 Å². The van der Waals surface area contributed by atoms with Crippen LogP contribution >= 0.6 is 0 Å². The highest BCUT2D eigenvalue weighted by atomic mass is 16.6. The van der Waals surface area contributed by atoms with E-state index in [9.17, 15) is 4.79 Å². The average molecular weight is 480 g/mol. The maximum absolute atomic E-state index is 12.7. The zero-order chi connectivity index (χ0) is 24.1. The summed E-state index contributed by atoms with van der Waals surface area (Å²) in [5.74, 6) is 0.211. The molecule has 34 heavy (non-hydrogen) atoms. The second-order valence-electron chi connectivity index (χ2n) is 9.42. The Bertz CT molecular complexity index is 537. The number of hydrogen-bond acceptors (Lipinski definition) is 5. The lowest BCUT2D eigenvalue weighted by Crippen LogP contribution is -2.37. The van der Waals surface area contributed by atoms with Crippen molar-refractivity contribution in [3.8, 4) is 0 Å². The van der Waals surface area contributed by atoms with Gasteiger partial charge in [-0.25, -0.2) is 0 Å².